The summed E-state index contributed by atoms with van der Waals surface area (Å²) in [7, 11) is 0. The van der Waals surface area contributed by atoms with Crippen molar-refractivity contribution in [2.45, 2.75) is 52.1 Å². The Balaban J connectivity index is 2.28. The van der Waals surface area contributed by atoms with Gasteiger partial charge in [0.2, 0.25) is 0 Å². The van der Waals surface area contributed by atoms with Crippen LogP contribution in [0.1, 0.15) is 56.8 Å². The Hall–Kier alpha value is -2.37. The second kappa shape index (κ2) is 9.36. The van der Waals surface area contributed by atoms with Crippen molar-refractivity contribution in [2.24, 2.45) is 11.8 Å². The molecule has 0 heterocycles. The quantitative estimate of drug-likeness (QED) is 0.714. The van der Waals surface area contributed by atoms with Crippen LogP contribution in [0, 0.1) is 11.8 Å². The van der Waals surface area contributed by atoms with E-state index in [1.165, 1.54) is 13.8 Å². The van der Waals surface area contributed by atoms with E-state index in [2.05, 4.69) is 0 Å². The first-order valence-electron chi connectivity index (χ1n) is 8.98. The molecule has 0 amide bonds. The number of hydrogen-bond acceptors (Lipinski definition) is 5. The van der Waals surface area contributed by atoms with Crippen LogP contribution in [0.4, 0.5) is 0 Å². The summed E-state index contributed by atoms with van der Waals surface area (Å²) in [5.41, 5.74) is 1.72. The summed E-state index contributed by atoms with van der Waals surface area (Å²) in [6.45, 7) is 3.08. The van der Waals surface area contributed by atoms with Gasteiger partial charge in [0.1, 0.15) is 6.10 Å². The van der Waals surface area contributed by atoms with Crippen LogP contribution in [0.25, 0.3) is 0 Å². The van der Waals surface area contributed by atoms with Gasteiger partial charge in [0.15, 0.2) is 0 Å². The number of carboxylic acid groups (broad SMARTS) is 1. The zero-order chi connectivity index (χ0) is 19.1. The minimum absolute atomic E-state index is 0.0192. The molecule has 0 spiro atoms. The second-order valence-electron chi connectivity index (χ2n) is 6.78. The Kier molecular flexibility index (Phi) is 7.18. The third kappa shape index (κ3) is 5.58. The molecule has 0 bridgehead atoms. The predicted octanol–water partition coefficient (Wildman–Crippen LogP) is 3.29. The maximum absolute atomic E-state index is 11.7. The van der Waals surface area contributed by atoms with Gasteiger partial charge in [-0.2, -0.15) is 0 Å². The summed E-state index contributed by atoms with van der Waals surface area (Å²) in [5.74, 6) is -1.39. The summed E-state index contributed by atoms with van der Waals surface area (Å²) in [5, 5.41) is 8.99. The molecular formula is C20H26O6. The van der Waals surface area contributed by atoms with Crippen LogP contribution >= 0.6 is 0 Å². The average molecular weight is 362 g/mol. The first-order valence-corrected chi connectivity index (χ1v) is 8.98. The molecule has 0 aromatic heterocycles. The number of aryl methyl sites for hydroxylation is 1. The van der Waals surface area contributed by atoms with E-state index in [-0.39, 0.29) is 30.2 Å². The molecule has 3 atom stereocenters. The molecule has 1 fully saturated rings. The minimum atomic E-state index is -0.863. The van der Waals surface area contributed by atoms with E-state index in [4.69, 9.17) is 14.6 Å². The van der Waals surface area contributed by atoms with Crippen molar-refractivity contribution in [2.75, 3.05) is 6.61 Å². The van der Waals surface area contributed by atoms with Gasteiger partial charge in [-0.05, 0) is 36.3 Å². The molecule has 26 heavy (non-hydrogen) atoms. The lowest BCUT2D eigenvalue weighted by Crippen LogP contribution is -2.26. The predicted molar refractivity (Wildman–Crippen MR) is 94.4 cm³/mol. The van der Waals surface area contributed by atoms with Gasteiger partial charge in [-0.3, -0.25) is 14.4 Å². The zero-order valence-corrected chi connectivity index (χ0v) is 15.3. The first kappa shape index (κ1) is 19.9. The molecule has 1 aromatic carbocycles. The lowest BCUT2D eigenvalue weighted by atomic mass is 9.84. The molecule has 1 N–H and O–H groups in total. The van der Waals surface area contributed by atoms with Crippen molar-refractivity contribution in [1.29, 1.82) is 0 Å². The fourth-order valence-corrected chi connectivity index (χ4v) is 3.74. The largest absolute Gasteiger partial charge is 0.481 e. The minimum Gasteiger partial charge on any atom is -0.481 e. The lowest BCUT2D eigenvalue weighted by molar-refractivity contribution is -0.153. The third-order valence-corrected chi connectivity index (χ3v) is 4.87. The topological polar surface area (TPSA) is 89.9 Å². The lowest BCUT2D eigenvalue weighted by Gasteiger charge is -2.30. The maximum atomic E-state index is 11.7. The monoisotopic (exact) mass is 362 g/mol. The molecule has 0 saturated heterocycles. The molecule has 6 heteroatoms. The number of hydrogen-bond donors (Lipinski definition) is 1. The third-order valence-electron chi connectivity index (χ3n) is 4.87. The molecule has 6 nitrogen and oxygen atoms in total. The van der Waals surface area contributed by atoms with Crippen LogP contribution in [0.5, 0.6) is 0 Å². The number of carboxylic acids is 1. The molecule has 1 saturated carbocycles. The molecule has 1 aliphatic carbocycles. The SMILES string of the molecule is CC(=O)OC[C@@H]1CCC[C@H]1C(OC(C)=O)c1ccccc1CCC(=O)O. The van der Waals surface area contributed by atoms with E-state index in [9.17, 15) is 14.4 Å². The standard InChI is InChI=1S/C20H26O6/c1-13(21)25-12-16-7-5-9-18(16)20(26-14(2)22)17-8-4-3-6-15(17)10-11-19(23)24/h3-4,6,8,16,18,20H,5,7,9-12H2,1-2H3,(H,23,24)/t16-,18+,20?/m0/s1. The van der Waals surface area contributed by atoms with Crippen LogP contribution in [-0.4, -0.2) is 29.6 Å². The van der Waals surface area contributed by atoms with E-state index < -0.39 is 12.1 Å². The second-order valence-corrected chi connectivity index (χ2v) is 6.78. The fourth-order valence-electron chi connectivity index (χ4n) is 3.74. The maximum Gasteiger partial charge on any atom is 0.303 e. The van der Waals surface area contributed by atoms with Gasteiger partial charge < -0.3 is 14.6 Å². The van der Waals surface area contributed by atoms with E-state index in [1.807, 2.05) is 24.3 Å². The Morgan fingerprint density at radius 1 is 1.15 bits per heavy atom. The van der Waals surface area contributed by atoms with Gasteiger partial charge in [0.25, 0.3) is 0 Å². The first-order chi connectivity index (χ1) is 12.4. The molecule has 142 valence electrons. The van der Waals surface area contributed by atoms with Gasteiger partial charge in [-0.25, -0.2) is 0 Å². The zero-order valence-electron chi connectivity index (χ0n) is 15.3. The molecule has 2 rings (SSSR count). The number of ether oxygens (including phenoxy) is 2. The van der Waals surface area contributed by atoms with Gasteiger partial charge in [-0.15, -0.1) is 0 Å². The van der Waals surface area contributed by atoms with E-state index in [0.29, 0.717) is 13.0 Å². The molecule has 1 unspecified atom stereocenters. The summed E-state index contributed by atoms with van der Waals surface area (Å²) >= 11 is 0. The molecule has 1 aliphatic rings. The highest BCUT2D eigenvalue weighted by Gasteiger charge is 2.38. The highest BCUT2D eigenvalue weighted by Crippen LogP contribution is 2.43. The number of rotatable bonds is 8. The number of carbonyl (C=O) groups excluding carboxylic acids is 2. The highest BCUT2D eigenvalue weighted by molar-refractivity contribution is 5.67. The molecule has 0 aliphatic heterocycles. The van der Waals surface area contributed by atoms with Crippen LogP contribution in [-0.2, 0) is 30.3 Å². The smallest absolute Gasteiger partial charge is 0.303 e. The van der Waals surface area contributed by atoms with Crippen molar-refractivity contribution >= 4 is 17.9 Å². The van der Waals surface area contributed by atoms with Gasteiger partial charge in [-0.1, -0.05) is 30.7 Å². The summed E-state index contributed by atoms with van der Waals surface area (Å²) in [6.07, 6.45) is 2.70. The van der Waals surface area contributed by atoms with Crippen LogP contribution in [0.2, 0.25) is 0 Å². The fraction of sp³-hybridized carbons (Fsp3) is 0.550. The van der Waals surface area contributed by atoms with E-state index >= 15 is 0 Å². The van der Waals surface area contributed by atoms with Crippen molar-refractivity contribution < 1.29 is 29.0 Å². The Morgan fingerprint density at radius 2 is 1.88 bits per heavy atom. The molecule has 1 aromatic rings. The average Bonchev–Trinajstić information content (AvgIpc) is 3.04. The van der Waals surface area contributed by atoms with Crippen LogP contribution < -0.4 is 0 Å². The number of aliphatic carboxylic acids is 1. The van der Waals surface area contributed by atoms with Crippen LogP contribution in [0.15, 0.2) is 24.3 Å². The molecular weight excluding hydrogens is 336 g/mol. The van der Waals surface area contributed by atoms with E-state index in [1.54, 1.807) is 0 Å². The van der Waals surface area contributed by atoms with Gasteiger partial charge >= 0.3 is 17.9 Å². The van der Waals surface area contributed by atoms with Gasteiger partial charge in [0, 0.05) is 26.2 Å². The highest BCUT2D eigenvalue weighted by atomic mass is 16.5. The van der Waals surface area contributed by atoms with Crippen molar-refractivity contribution in [3.8, 4) is 0 Å². The number of esters is 2. The van der Waals surface area contributed by atoms with Crippen molar-refractivity contribution in [3.05, 3.63) is 35.4 Å². The summed E-state index contributed by atoms with van der Waals surface area (Å²) in [6, 6.07) is 7.50. The van der Waals surface area contributed by atoms with Gasteiger partial charge in [0.05, 0.1) is 6.61 Å². The number of carbonyl (C=O) groups is 3. The van der Waals surface area contributed by atoms with Crippen LogP contribution in [0.3, 0.4) is 0 Å². The van der Waals surface area contributed by atoms with E-state index in [0.717, 1.165) is 30.4 Å². The normalized spacial score (nSPS) is 20.4. The summed E-state index contributed by atoms with van der Waals surface area (Å²) in [4.78, 5) is 33.9. The Labute approximate surface area is 153 Å². The number of benzene rings is 1. The Morgan fingerprint density at radius 3 is 2.54 bits per heavy atom. The van der Waals surface area contributed by atoms with Crippen molar-refractivity contribution in [3.63, 3.8) is 0 Å². The Bertz CT molecular complexity index is 653. The van der Waals surface area contributed by atoms with Crippen molar-refractivity contribution in [1.82, 2.24) is 0 Å². The summed E-state index contributed by atoms with van der Waals surface area (Å²) < 4.78 is 10.9. The molecule has 0 radical (unpaired) electrons.